The zero-order chi connectivity index (χ0) is 92.0. The average molecular weight is 1800 g/mol. The van der Waals surface area contributed by atoms with Crippen molar-refractivity contribution in [2.75, 3.05) is 44.2 Å². The van der Waals surface area contributed by atoms with E-state index in [1.54, 1.807) is 6.92 Å². The smallest absolute Gasteiger partial charge is 0.416 e. The lowest BCUT2D eigenvalue weighted by atomic mass is 10.2. The van der Waals surface area contributed by atoms with Crippen LogP contribution < -0.4 is 53.7 Å². The largest absolute Gasteiger partial charge is 0.432 e. The molecule has 16 aromatic rings. The lowest BCUT2D eigenvalue weighted by Crippen LogP contribution is -2.12. The van der Waals surface area contributed by atoms with Crippen molar-refractivity contribution < 1.29 is 115 Å². The number of nitrogens with two attached hydrogens (primary N) is 4. The first-order valence-electron chi connectivity index (χ1n) is 35.5. The molecule has 127 heavy (non-hydrogen) atoms. The third-order valence-electron chi connectivity index (χ3n) is 17.7. The van der Waals surface area contributed by atoms with E-state index in [9.17, 15) is 105 Å². The number of halogens is 24. The number of hydrogen-bond donors (Lipinski definition) is 8. The van der Waals surface area contributed by atoms with Crippen LogP contribution in [0.15, 0.2) is 133 Å². The van der Waals surface area contributed by atoms with Crippen LogP contribution in [-0.2, 0) is 18.8 Å². The highest BCUT2D eigenvalue weighted by Gasteiger charge is 2.33. The van der Waals surface area contributed by atoms with Gasteiger partial charge < -0.3 is 53.7 Å². The van der Waals surface area contributed by atoms with Crippen molar-refractivity contribution in [2.45, 2.75) is 59.7 Å². The third kappa shape index (κ3) is 19.1. The molecule has 0 spiro atoms. The standard InChI is InChI=1S/C20H14F6N6.2C19H12F6N6O.C19H12F6N6/c1-2-14-29-16-12(22)7-10(21)8-13(16)32(14)19-30-17(27)15(23)18(31-19)28-11-5-3-9(4-6-11)20(24,25)26;1-7-27-15-11(22)4-8(20)5-12(15)31(7)19-29-16(26)14(23)17(30-19)28-9-2-3-13(10(21)6-9)32-18(24)25;1-7-27-12-5-9(20)10(21)6-13(12)31(7)19-29-16(26)15(23)17(30-19)28-8-2-3-14(11(22)4-8)32-18(24)25;1-8-27-15-12(21)6-10(20)7-13(15)31(8)18-29-16(26)14(22)17(30-18)28-11-4-2-9(3-5-11)19(23,24)25/h3-8H,2H2,1H3,(H3,27,28,30,31);2*2-6,18H,1H3,(H3,26,28,29,30);2-7H,1H3,(H3,26,28,29,30). The van der Waals surface area contributed by atoms with Crippen molar-refractivity contribution in [1.29, 1.82) is 0 Å². The minimum Gasteiger partial charge on any atom is -0.432 e. The van der Waals surface area contributed by atoms with Crippen LogP contribution in [0.4, 0.5) is 175 Å². The van der Waals surface area contributed by atoms with Crippen molar-refractivity contribution in [3.8, 4) is 35.3 Å². The molecular weight excluding hydrogens is 1750 g/mol. The fraction of sp³-hybridized carbons (Fsp3) is 0.117. The summed E-state index contributed by atoms with van der Waals surface area (Å²) >= 11 is 0. The van der Waals surface area contributed by atoms with Gasteiger partial charge in [-0.2, -0.15) is 101 Å². The molecule has 0 fully saturated rings. The van der Waals surface area contributed by atoms with E-state index < -0.39 is 176 Å². The summed E-state index contributed by atoms with van der Waals surface area (Å²) < 4.78 is 335. The molecule has 0 saturated carbocycles. The van der Waals surface area contributed by atoms with Gasteiger partial charge in [0.1, 0.15) is 57.3 Å². The number of nitrogens with zero attached hydrogens (tertiary/aromatic N) is 16. The zero-order valence-electron chi connectivity index (χ0n) is 63.9. The second-order valence-electron chi connectivity index (χ2n) is 26.2. The Bertz CT molecular complexity index is 6930. The van der Waals surface area contributed by atoms with Crippen LogP contribution in [0.3, 0.4) is 0 Å². The van der Waals surface area contributed by atoms with E-state index in [1.807, 2.05) is 0 Å². The van der Waals surface area contributed by atoms with Gasteiger partial charge in [0.25, 0.3) is 0 Å². The first-order chi connectivity index (χ1) is 59.9. The Hall–Kier alpha value is -15.7. The molecule has 8 aromatic carbocycles. The van der Waals surface area contributed by atoms with E-state index in [-0.39, 0.29) is 120 Å². The normalized spacial score (nSPS) is 11.6. The Morgan fingerprint density at radius 2 is 0.622 bits per heavy atom. The fourth-order valence-corrected chi connectivity index (χ4v) is 12.1. The second-order valence-corrected chi connectivity index (χ2v) is 26.2. The molecule has 0 amide bonds. The number of anilines is 12. The molecule has 0 atom stereocenters. The van der Waals surface area contributed by atoms with Crippen LogP contribution >= 0.6 is 0 Å². The van der Waals surface area contributed by atoms with E-state index in [4.69, 9.17) is 22.9 Å². The lowest BCUT2D eigenvalue weighted by molar-refractivity contribution is -0.138. The Labute approximate surface area is 692 Å². The number of benzene rings is 8. The SMILES string of the molecule is CCc1nc2c(F)cc(F)cc2n1-c1nc(N)c(F)c(Nc2ccc(C(F)(F)F)cc2)n1.Cc1nc2c(F)cc(F)cc2n1-c1nc(N)c(F)c(Nc2ccc(C(F)(F)F)cc2)n1.Cc1nc2c(F)cc(F)cc2n1-c1nc(N)c(F)c(Nc2ccc(OC(F)F)c(F)c2)n1.Cc1nc2cc(F)c(F)cc2n1-c1nc(N)c(F)c(Nc2ccc(OC(F)F)c(F)c2)n1. The molecule has 16 rings (SSSR count). The highest BCUT2D eigenvalue weighted by Crippen LogP contribution is 2.38. The Morgan fingerprint density at radius 3 is 0.953 bits per heavy atom. The van der Waals surface area contributed by atoms with E-state index in [2.05, 4.69) is 90.5 Å². The number of rotatable bonds is 17. The summed E-state index contributed by atoms with van der Waals surface area (Å²) in [6.07, 6.45) is -8.78. The molecule has 26 nitrogen and oxygen atoms in total. The van der Waals surface area contributed by atoms with Gasteiger partial charge in [0.05, 0.1) is 38.7 Å². The predicted octanol–water partition coefficient (Wildman–Crippen LogP) is 19.2. The van der Waals surface area contributed by atoms with Gasteiger partial charge in [-0.1, -0.05) is 6.92 Å². The van der Waals surface area contributed by atoms with Crippen LogP contribution in [0, 0.1) is 102 Å². The molecule has 0 saturated heterocycles. The van der Waals surface area contributed by atoms with E-state index >= 15 is 0 Å². The predicted molar refractivity (Wildman–Crippen MR) is 409 cm³/mol. The molecule has 50 heteroatoms. The van der Waals surface area contributed by atoms with Crippen molar-refractivity contribution in [2.24, 2.45) is 0 Å². The molecule has 8 aromatic heterocycles. The highest BCUT2D eigenvalue weighted by molar-refractivity contribution is 5.82. The molecule has 0 aliphatic rings. The maximum Gasteiger partial charge on any atom is 0.416 e. The molecule has 0 aliphatic heterocycles. The third-order valence-corrected chi connectivity index (χ3v) is 17.7. The number of imidazole rings is 4. The lowest BCUT2D eigenvalue weighted by Gasteiger charge is -2.13. The minimum absolute atomic E-state index is 0.00541. The van der Waals surface area contributed by atoms with Gasteiger partial charge in [-0.3, -0.25) is 18.3 Å². The first kappa shape index (κ1) is 89.0. The van der Waals surface area contributed by atoms with Crippen molar-refractivity contribution >= 4 is 113 Å². The fourth-order valence-electron chi connectivity index (χ4n) is 12.1. The zero-order valence-corrected chi connectivity index (χ0v) is 63.9. The summed E-state index contributed by atoms with van der Waals surface area (Å²) in [5, 5.41) is 10.00. The van der Waals surface area contributed by atoms with Gasteiger partial charge in [-0.25, -0.2) is 63.8 Å². The number of alkyl halides is 10. The Balaban J connectivity index is 0.000000145. The van der Waals surface area contributed by atoms with Crippen molar-refractivity contribution in [3.05, 3.63) is 249 Å². The summed E-state index contributed by atoms with van der Waals surface area (Å²) in [7, 11) is 0. The second kappa shape index (κ2) is 35.3. The highest BCUT2D eigenvalue weighted by atomic mass is 19.4. The van der Waals surface area contributed by atoms with Gasteiger partial charge in [0, 0.05) is 89.8 Å². The summed E-state index contributed by atoms with van der Waals surface area (Å²) in [4.78, 5) is 47.5. The number of hydrogen-bond acceptors (Lipinski definition) is 22. The summed E-state index contributed by atoms with van der Waals surface area (Å²) in [5.74, 6) is -20.0. The number of ether oxygens (including phenoxy) is 2. The van der Waals surface area contributed by atoms with Gasteiger partial charge in [0.15, 0.2) is 98.8 Å². The van der Waals surface area contributed by atoms with Crippen LogP contribution in [-0.4, -0.2) is 91.3 Å². The maximum atomic E-state index is 14.6. The molecular formula is C77H50F24N24O2. The molecule has 0 bridgehead atoms. The van der Waals surface area contributed by atoms with Crippen LogP contribution in [0.25, 0.3) is 67.9 Å². The van der Waals surface area contributed by atoms with Crippen LogP contribution in [0.1, 0.15) is 41.3 Å². The van der Waals surface area contributed by atoms with E-state index in [1.165, 1.54) is 34.5 Å². The number of nitrogens with one attached hydrogen (secondary N) is 4. The van der Waals surface area contributed by atoms with Gasteiger partial charge in [-0.15, -0.1) is 0 Å². The minimum atomic E-state index is -4.53. The van der Waals surface area contributed by atoms with Crippen LogP contribution in [0.5, 0.6) is 11.5 Å². The topological polar surface area (TPSA) is 345 Å². The molecule has 0 unspecified atom stereocenters. The van der Waals surface area contributed by atoms with Gasteiger partial charge in [-0.05, 0) is 93.6 Å². The Kier molecular flexibility index (Phi) is 24.7. The average Bonchev–Trinajstić information content (AvgIpc) is 1.62. The van der Waals surface area contributed by atoms with E-state index in [0.717, 1.165) is 120 Å². The quantitative estimate of drug-likeness (QED) is 0.0393. The van der Waals surface area contributed by atoms with Crippen molar-refractivity contribution in [3.63, 3.8) is 0 Å². The number of aryl methyl sites for hydroxylation is 4. The van der Waals surface area contributed by atoms with Gasteiger partial charge in [0.2, 0.25) is 47.1 Å². The van der Waals surface area contributed by atoms with Gasteiger partial charge >= 0.3 is 25.6 Å². The summed E-state index contributed by atoms with van der Waals surface area (Å²) in [6.45, 7) is -0.305. The Morgan fingerprint density at radius 1 is 0.323 bits per heavy atom. The molecule has 0 radical (unpaired) electrons. The van der Waals surface area contributed by atoms with E-state index in [0.29, 0.717) is 18.2 Å². The molecule has 8 heterocycles. The van der Waals surface area contributed by atoms with Crippen LogP contribution in [0.2, 0.25) is 0 Å². The maximum absolute atomic E-state index is 14.6. The molecule has 658 valence electrons. The number of nitrogen functional groups attached to an aromatic ring is 4. The molecule has 12 N–H and O–H groups in total. The molecule has 0 aliphatic carbocycles. The summed E-state index contributed by atoms with van der Waals surface area (Å²) in [5.41, 5.74) is 20.5. The number of aromatic nitrogens is 16. The van der Waals surface area contributed by atoms with Crippen molar-refractivity contribution in [1.82, 2.24) is 78.1 Å². The first-order valence-corrected chi connectivity index (χ1v) is 35.5. The monoisotopic (exact) mass is 1800 g/mol. The number of fused-ring (bicyclic) bond motifs is 4. The summed E-state index contributed by atoms with van der Waals surface area (Å²) in [6, 6.07) is 20.0.